The summed E-state index contributed by atoms with van der Waals surface area (Å²) >= 11 is 0. The summed E-state index contributed by atoms with van der Waals surface area (Å²) in [4.78, 5) is 44.8. The summed E-state index contributed by atoms with van der Waals surface area (Å²) in [5.74, 6) is 0.0988. The van der Waals surface area contributed by atoms with E-state index in [2.05, 4.69) is 55.1 Å². The molecule has 5 N–H and O–H groups in total. The molecular weight excluding hydrogens is 601 g/mol. The van der Waals surface area contributed by atoms with Crippen LogP contribution >= 0.6 is 0 Å². The van der Waals surface area contributed by atoms with E-state index in [1.54, 1.807) is 0 Å². The predicted molar refractivity (Wildman–Crippen MR) is 182 cm³/mol. The lowest BCUT2D eigenvalue weighted by Gasteiger charge is -2.64. The van der Waals surface area contributed by atoms with E-state index in [9.17, 15) is 19.7 Å². The van der Waals surface area contributed by atoms with Crippen molar-refractivity contribution in [1.29, 1.82) is 0 Å². The number of nitrogens with one attached hydrogen (secondary N) is 3. The third-order valence-electron chi connectivity index (χ3n) is 10.6. The fraction of sp³-hybridized carbons (Fsp3) is 0.879. The second kappa shape index (κ2) is 18.0. The van der Waals surface area contributed by atoms with Crippen LogP contribution in [-0.4, -0.2) is 66.7 Å². The third kappa shape index (κ3) is 11.1. The average Bonchev–Trinajstić information content (AvgIpc) is 3.36. The molecule has 1 heterocycles. The van der Waals surface area contributed by atoms with Gasteiger partial charge in [-0.25, -0.2) is 21.7 Å². The topological polar surface area (TPSA) is 175 Å². The number of aliphatic imine (C=N–C) groups is 1. The first-order valence-corrected chi connectivity index (χ1v) is 17.7. The standard InChI is InChI=1S/C33H58BN7O6/c1-23(2)20-28(34-46-27-22-24-21-26(32(24,3)4)33(27,5)47-34)39-30(43)25(16-15-19-37-31(35)40-41(44)45)38-29(42)17-13-11-9-7-8-10-12-14-18-36-6/h23-28H,7-22H2,1-5H3,(H,38,42)(H,39,43)(H3,35,37,40)/t24-,25+,26-,27-,28+,33+/m1/s1. The molecule has 0 radical (unpaired) electrons. The van der Waals surface area contributed by atoms with Gasteiger partial charge in [0.05, 0.1) is 17.6 Å². The molecule has 4 rings (SSSR count). The van der Waals surface area contributed by atoms with E-state index >= 15 is 0 Å². The summed E-state index contributed by atoms with van der Waals surface area (Å²) in [6, 6.07) is -0.807. The summed E-state index contributed by atoms with van der Waals surface area (Å²) < 4.78 is 13.2. The second-order valence-corrected chi connectivity index (χ2v) is 14.9. The number of guanidine groups is 1. The SMILES string of the molecule is [C-]#[N+]CCCCCCCCCCC(=O)N[C@@H](CCCN=C(N)N[N+](=O)[O-])C(=O)N[C@@H](CC(C)C)B1O[C@@H]2C[C@H]3C[C@H](C3(C)C)[C@]2(C)O1. The Morgan fingerprint density at radius 3 is 2.34 bits per heavy atom. The fourth-order valence-electron chi connectivity index (χ4n) is 7.80. The van der Waals surface area contributed by atoms with Gasteiger partial charge in [-0.2, -0.15) is 0 Å². The van der Waals surface area contributed by atoms with Crippen molar-refractivity contribution in [2.24, 2.45) is 33.9 Å². The van der Waals surface area contributed by atoms with Crippen LogP contribution in [0.1, 0.15) is 125 Å². The molecule has 4 fully saturated rings. The summed E-state index contributed by atoms with van der Waals surface area (Å²) in [5.41, 5.74) is 7.16. The highest BCUT2D eigenvalue weighted by molar-refractivity contribution is 6.48. The van der Waals surface area contributed by atoms with Crippen molar-refractivity contribution in [2.45, 2.75) is 148 Å². The van der Waals surface area contributed by atoms with E-state index in [0.29, 0.717) is 44.1 Å². The molecule has 0 aromatic rings. The molecule has 14 heteroatoms. The van der Waals surface area contributed by atoms with Crippen molar-refractivity contribution < 1.29 is 23.9 Å². The quantitative estimate of drug-likeness (QED) is 0.0264. The number of carbonyl (C=O) groups is 2. The van der Waals surface area contributed by atoms with Crippen LogP contribution in [0.4, 0.5) is 0 Å². The van der Waals surface area contributed by atoms with E-state index in [4.69, 9.17) is 21.6 Å². The summed E-state index contributed by atoms with van der Waals surface area (Å²) in [7, 11) is -0.576. The molecule has 2 bridgehead atoms. The molecule has 3 aliphatic carbocycles. The highest BCUT2D eigenvalue weighted by atomic mass is 16.7. The summed E-state index contributed by atoms with van der Waals surface area (Å²) in [5, 5.41) is 15.9. The monoisotopic (exact) mass is 659 g/mol. The first-order valence-electron chi connectivity index (χ1n) is 17.7. The van der Waals surface area contributed by atoms with Gasteiger partial charge < -0.3 is 30.5 Å². The minimum absolute atomic E-state index is 0.00732. The van der Waals surface area contributed by atoms with Crippen LogP contribution in [-0.2, 0) is 18.9 Å². The molecule has 3 saturated carbocycles. The van der Waals surface area contributed by atoms with E-state index in [1.165, 1.54) is 0 Å². The molecule has 0 aromatic heterocycles. The molecule has 1 saturated heterocycles. The smallest absolute Gasteiger partial charge is 0.404 e. The number of nitrogens with zero attached hydrogens (tertiary/aromatic N) is 3. The number of hydrogen-bond acceptors (Lipinski definition) is 7. The van der Waals surface area contributed by atoms with Gasteiger partial charge in [-0.05, 0) is 75.0 Å². The molecule has 2 amide bonds. The molecule has 0 unspecified atom stereocenters. The van der Waals surface area contributed by atoms with Gasteiger partial charge in [0.25, 0.3) is 5.96 Å². The van der Waals surface area contributed by atoms with Crippen LogP contribution in [0.3, 0.4) is 0 Å². The molecule has 264 valence electrons. The minimum Gasteiger partial charge on any atom is -0.404 e. The van der Waals surface area contributed by atoms with E-state index in [-0.39, 0.29) is 47.7 Å². The Balaban J connectivity index is 1.57. The third-order valence-corrected chi connectivity index (χ3v) is 10.6. The van der Waals surface area contributed by atoms with Crippen molar-refractivity contribution in [3.05, 3.63) is 21.5 Å². The maximum atomic E-state index is 13.8. The molecule has 0 spiro atoms. The predicted octanol–water partition coefficient (Wildman–Crippen LogP) is 4.58. The Labute approximate surface area is 281 Å². The lowest BCUT2D eigenvalue weighted by molar-refractivity contribution is -0.525. The number of unbranched alkanes of at least 4 members (excludes halogenated alkanes) is 7. The summed E-state index contributed by atoms with van der Waals surface area (Å²) in [6.07, 6.45) is 11.9. The highest BCUT2D eigenvalue weighted by Gasteiger charge is 2.68. The Bertz CT molecular complexity index is 1130. The number of hydrogen-bond donors (Lipinski definition) is 4. The Kier molecular flexibility index (Phi) is 14.8. The van der Waals surface area contributed by atoms with Crippen LogP contribution in [0.15, 0.2) is 4.99 Å². The van der Waals surface area contributed by atoms with Crippen LogP contribution in [0.25, 0.3) is 4.85 Å². The zero-order chi connectivity index (χ0) is 34.6. The number of nitro groups is 1. The first-order chi connectivity index (χ1) is 22.3. The number of rotatable bonds is 21. The maximum absolute atomic E-state index is 13.8. The summed E-state index contributed by atoms with van der Waals surface area (Å²) in [6.45, 7) is 18.6. The zero-order valence-corrected chi connectivity index (χ0v) is 29.2. The average molecular weight is 660 g/mol. The van der Waals surface area contributed by atoms with E-state index in [0.717, 1.165) is 64.2 Å². The van der Waals surface area contributed by atoms with Crippen LogP contribution in [0.2, 0.25) is 0 Å². The van der Waals surface area contributed by atoms with Gasteiger partial charge in [0.2, 0.25) is 18.4 Å². The van der Waals surface area contributed by atoms with Gasteiger partial charge >= 0.3 is 7.12 Å². The molecule has 0 aromatic carbocycles. The highest BCUT2D eigenvalue weighted by Crippen LogP contribution is 2.65. The fourth-order valence-corrected chi connectivity index (χ4v) is 7.80. The van der Waals surface area contributed by atoms with Crippen LogP contribution < -0.4 is 21.8 Å². The molecule has 4 aliphatic rings. The van der Waals surface area contributed by atoms with Gasteiger partial charge in [0.1, 0.15) is 6.04 Å². The Hall–Kier alpha value is -2.92. The maximum Gasteiger partial charge on any atom is 0.481 e. The van der Waals surface area contributed by atoms with Crippen molar-refractivity contribution in [1.82, 2.24) is 16.1 Å². The van der Waals surface area contributed by atoms with Gasteiger partial charge in [0, 0.05) is 19.4 Å². The van der Waals surface area contributed by atoms with Crippen molar-refractivity contribution in [3.63, 3.8) is 0 Å². The van der Waals surface area contributed by atoms with Crippen molar-refractivity contribution in [3.8, 4) is 0 Å². The van der Waals surface area contributed by atoms with Crippen molar-refractivity contribution in [2.75, 3.05) is 13.1 Å². The number of nitrogens with two attached hydrogens (primary N) is 1. The van der Waals surface area contributed by atoms with Gasteiger partial charge in [-0.3, -0.25) is 9.59 Å². The lowest BCUT2D eigenvalue weighted by atomic mass is 9.43. The molecule has 13 nitrogen and oxygen atoms in total. The molecule has 6 atom stereocenters. The number of hydrazine groups is 1. The first kappa shape index (κ1) is 38.5. The molecule has 47 heavy (non-hydrogen) atoms. The Morgan fingerprint density at radius 1 is 1.06 bits per heavy atom. The van der Waals surface area contributed by atoms with Gasteiger partial charge in [-0.15, -0.1) is 0 Å². The normalized spacial score (nSPS) is 25.7. The zero-order valence-electron chi connectivity index (χ0n) is 29.2. The lowest BCUT2D eigenvalue weighted by Crippen LogP contribution is -2.65. The molecular formula is C33H58BN7O6. The Morgan fingerprint density at radius 2 is 1.72 bits per heavy atom. The van der Waals surface area contributed by atoms with E-state index in [1.807, 2.05) is 5.43 Å². The van der Waals surface area contributed by atoms with Crippen molar-refractivity contribution >= 4 is 24.9 Å². The van der Waals surface area contributed by atoms with Gasteiger partial charge in [-0.1, -0.05) is 65.2 Å². The second-order valence-electron chi connectivity index (χ2n) is 14.9. The van der Waals surface area contributed by atoms with Crippen LogP contribution in [0.5, 0.6) is 0 Å². The van der Waals surface area contributed by atoms with Gasteiger partial charge in [0.15, 0.2) is 5.03 Å². The number of carbonyl (C=O) groups excluding carboxylic acids is 2. The molecule has 1 aliphatic heterocycles. The number of amides is 2. The largest absolute Gasteiger partial charge is 0.481 e. The van der Waals surface area contributed by atoms with Crippen LogP contribution in [0, 0.1) is 39.9 Å². The van der Waals surface area contributed by atoms with E-state index < -0.39 is 23.8 Å². The minimum atomic E-state index is -0.807.